The zero-order valence-electron chi connectivity index (χ0n) is 21.7. The molecule has 0 N–H and O–H groups in total. The van der Waals surface area contributed by atoms with Gasteiger partial charge in [0.15, 0.2) is 5.82 Å². The lowest BCUT2D eigenvalue weighted by Crippen LogP contribution is -2.30. The number of halogens is 2. The minimum Gasteiger partial charge on any atom is -0.300 e. The molecule has 0 saturated carbocycles. The molecule has 0 atom stereocenters. The number of likely N-dealkylation sites (N-methyl/N-ethyl adjacent to an activating group) is 1. The maximum absolute atomic E-state index is 15.6. The van der Waals surface area contributed by atoms with Crippen molar-refractivity contribution in [1.82, 2.24) is 34.0 Å². The Morgan fingerprint density at radius 3 is 2.51 bits per heavy atom. The Bertz CT molecular complexity index is 1650. The highest BCUT2D eigenvalue weighted by atomic mass is 19.1. The van der Waals surface area contributed by atoms with Gasteiger partial charge in [0, 0.05) is 37.8 Å². The Kier molecular flexibility index (Phi) is 5.49. The standard InChI is InChI=1S/C28H29F2N7/c1-6-35-10-9-22-21(14-35)28(37(33-22)19-11-16(2)25(29)17(3)12-19)27-18(4)36(15-31-27)24-8-7-23-20(26(24)30)13-32-34(23)5/h7-8,11-13,15H,6,9-10,14H2,1-5H3. The van der Waals surface area contributed by atoms with Crippen LogP contribution in [0.4, 0.5) is 8.78 Å². The number of imidazole rings is 1. The number of aromatic nitrogens is 6. The summed E-state index contributed by atoms with van der Waals surface area (Å²) in [6, 6.07) is 7.28. The van der Waals surface area contributed by atoms with Crippen LogP contribution < -0.4 is 0 Å². The minimum absolute atomic E-state index is 0.207. The smallest absolute Gasteiger partial charge is 0.158 e. The fourth-order valence-electron chi connectivity index (χ4n) is 5.43. The second kappa shape index (κ2) is 8.62. The molecule has 3 aromatic heterocycles. The van der Waals surface area contributed by atoms with Gasteiger partial charge in [0.05, 0.1) is 39.9 Å². The van der Waals surface area contributed by atoms with E-state index in [1.807, 2.05) is 29.8 Å². The number of rotatable bonds is 4. The molecule has 37 heavy (non-hydrogen) atoms. The number of hydrogen-bond acceptors (Lipinski definition) is 4. The third kappa shape index (κ3) is 3.60. The predicted octanol–water partition coefficient (Wildman–Crippen LogP) is 5.19. The molecular weight excluding hydrogens is 472 g/mol. The van der Waals surface area contributed by atoms with Crippen molar-refractivity contribution in [1.29, 1.82) is 0 Å². The average molecular weight is 502 g/mol. The van der Waals surface area contributed by atoms with Gasteiger partial charge in [-0.15, -0.1) is 0 Å². The molecule has 7 nitrogen and oxygen atoms in total. The van der Waals surface area contributed by atoms with Gasteiger partial charge < -0.3 is 0 Å². The SMILES string of the molecule is CCN1CCc2nn(-c3cc(C)c(F)c(C)c3)c(-c3ncn(-c4ccc5c(cnn5C)c4F)c3C)c2C1. The third-order valence-corrected chi connectivity index (χ3v) is 7.56. The van der Waals surface area contributed by atoms with Crippen molar-refractivity contribution < 1.29 is 8.78 Å². The van der Waals surface area contributed by atoms with Crippen molar-refractivity contribution in [2.75, 3.05) is 13.1 Å². The van der Waals surface area contributed by atoms with Crippen LogP contribution in [0.15, 0.2) is 36.8 Å². The Morgan fingerprint density at radius 2 is 1.78 bits per heavy atom. The summed E-state index contributed by atoms with van der Waals surface area (Å²) >= 11 is 0. The third-order valence-electron chi connectivity index (χ3n) is 7.56. The van der Waals surface area contributed by atoms with E-state index in [1.165, 1.54) is 0 Å². The predicted molar refractivity (Wildman–Crippen MR) is 139 cm³/mol. The van der Waals surface area contributed by atoms with Gasteiger partial charge in [-0.3, -0.25) is 14.1 Å². The Balaban J connectivity index is 1.56. The first-order valence-electron chi connectivity index (χ1n) is 12.5. The van der Waals surface area contributed by atoms with Gasteiger partial charge in [-0.2, -0.15) is 10.2 Å². The molecule has 5 aromatic rings. The normalized spacial score (nSPS) is 14.0. The summed E-state index contributed by atoms with van der Waals surface area (Å²) in [6.45, 7) is 10.3. The first-order valence-corrected chi connectivity index (χ1v) is 12.5. The largest absolute Gasteiger partial charge is 0.300 e. The van der Waals surface area contributed by atoms with Gasteiger partial charge in [-0.25, -0.2) is 18.4 Å². The molecule has 1 aliphatic heterocycles. The van der Waals surface area contributed by atoms with Crippen LogP contribution in [0.5, 0.6) is 0 Å². The summed E-state index contributed by atoms with van der Waals surface area (Å²) in [7, 11) is 1.80. The molecule has 0 radical (unpaired) electrons. The van der Waals surface area contributed by atoms with E-state index in [0.717, 1.165) is 65.6 Å². The van der Waals surface area contributed by atoms with Gasteiger partial charge in [0.2, 0.25) is 0 Å². The summed E-state index contributed by atoms with van der Waals surface area (Å²) in [6.07, 6.45) is 4.04. The molecule has 190 valence electrons. The van der Waals surface area contributed by atoms with Gasteiger partial charge in [-0.05, 0) is 62.7 Å². The van der Waals surface area contributed by atoms with E-state index in [2.05, 4.69) is 16.9 Å². The van der Waals surface area contributed by atoms with E-state index in [9.17, 15) is 4.39 Å². The van der Waals surface area contributed by atoms with Crippen LogP contribution in [0.1, 0.15) is 35.0 Å². The molecule has 0 unspecified atom stereocenters. The van der Waals surface area contributed by atoms with E-state index in [0.29, 0.717) is 22.2 Å². The Morgan fingerprint density at radius 1 is 1.03 bits per heavy atom. The molecule has 0 spiro atoms. The maximum atomic E-state index is 15.6. The highest BCUT2D eigenvalue weighted by Gasteiger charge is 2.29. The second-order valence-corrected chi connectivity index (χ2v) is 9.85. The van der Waals surface area contributed by atoms with Crippen molar-refractivity contribution in [2.45, 2.75) is 40.7 Å². The molecule has 0 aliphatic carbocycles. The quantitative estimate of drug-likeness (QED) is 0.340. The van der Waals surface area contributed by atoms with Crippen LogP contribution in [0.3, 0.4) is 0 Å². The topological polar surface area (TPSA) is 56.7 Å². The van der Waals surface area contributed by atoms with Crippen molar-refractivity contribution in [3.63, 3.8) is 0 Å². The highest BCUT2D eigenvalue weighted by Crippen LogP contribution is 2.35. The van der Waals surface area contributed by atoms with Crippen molar-refractivity contribution >= 4 is 10.9 Å². The van der Waals surface area contributed by atoms with Crippen LogP contribution in [0, 0.1) is 32.4 Å². The van der Waals surface area contributed by atoms with E-state index in [4.69, 9.17) is 10.1 Å². The lowest BCUT2D eigenvalue weighted by atomic mass is 10.0. The fraction of sp³-hybridized carbons (Fsp3) is 0.321. The zero-order valence-corrected chi connectivity index (χ0v) is 21.7. The highest BCUT2D eigenvalue weighted by molar-refractivity contribution is 5.82. The van der Waals surface area contributed by atoms with Crippen LogP contribution >= 0.6 is 0 Å². The van der Waals surface area contributed by atoms with Crippen LogP contribution in [-0.2, 0) is 20.0 Å². The number of nitrogens with zero attached hydrogens (tertiary/aromatic N) is 7. The molecule has 6 rings (SSSR count). The van der Waals surface area contributed by atoms with E-state index in [1.54, 1.807) is 48.7 Å². The lowest BCUT2D eigenvalue weighted by molar-refractivity contribution is 0.267. The first kappa shape index (κ1) is 23.5. The minimum atomic E-state index is -0.338. The molecule has 0 amide bonds. The molecule has 0 saturated heterocycles. The molecule has 1 aliphatic rings. The van der Waals surface area contributed by atoms with E-state index < -0.39 is 0 Å². The zero-order chi connectivity index (χ0) is 26.0. The van der Waals surface area contributed by atoms with Crippen LogP contribution in [0.25, 0.3) is 33.7 Å². The number of fused-ring (bicyclic) bond motifs is 2. The number of aryl methyl sites for hydroxylation is 3. The van der Waals surface area contributed by atoms with E-state index >= 15 is 4.39 Å². The Labute approximate surface area is 214 Å². The Hall–Kier alpha value is -3.85. The summed E-state index contributed by atoms with van der Waals surface area (Å²) < 4.78 is 35.4. The number of hydrogen-bond donors (Lipinski definition) is 0. The summed E-state index contributed by atoms with van der Waals surface area (Å²) in [4.78, 5) is 7.17. The fourth-order valence-corrected chi connectivity index (χ4v) is 5.43. The summed E-state index contributed by atoms with van der Waals surface area (Å²) in [5.74, 6) is -0.545. The molecule has 9 heteroatoms. The van der Waals surface area contributed by atoms with Crippen molar-refractivity contribution in [3.8, 4) is 22.8 Å². The van der Waals surface area contributed by atoms with Crippen molar-refractivity contribution in [2.24, 2.45) is 7.05 Å². The molecule has 4 heterocycles. The van der Waals surface area contributed by atoms with Gasteiger partial charge in [0.1, 0.15) is 17.8 Å². The van der Waals surface area contributed by atoms with E-state index in [-0.39, 0.29) is 11.6 Å². The first-order chi connectivity index (χ1) is 17.8. The molecule has 0 fully saturated rings. The second-order valence-electron chi connectivity index (χ2n) is 9.85. The average Bonchev–Trinajstić information content (AvgIpc) is 3.57. The molecular formula is C28H29F2N7. The number of benzene rings is 2. The van der Waals surface area contributed by atoms with Gasteiger partial charge in [-0.1, -0.05) is 6.92 Å². The molecule has 2 aromatic carbocycles. The molecule has 0 bridgehead atoms. The van der Waals surface area contributed by atoms with Crippen molar-refractivity contribution in [3.05, 3.63) is 76.5 Å². The maximum Gasteiger partial charge on any atom is 0.158 e. The van der Waals surface area contributed by atoms with Crippen LogP contribution in [0.2, 0.25) is 0 Å². The van der Waals surface area contributed by atoms with Crippen LogP contribution in [-0.4, -0.2) is 47.1 Å². The van der Waals surface area contributed by atoms with Gasteiger partial charge >= 0.3 is 0 Å². The summed E-state index contributed by atoms with van der Waals surface area (Å²) in [5.41, 5.74) is 7.62. The monoisotopic (exact) mass is 501 g/mol. The van der Waals surface area contributed by atoms with Gasteiger partial charge in [0.25, 0.3) is 0 Å². The lowest BCUT2D eigenvalue weighted by Gasteiger charge is -2.25. The summed E-state index contributed by atoms with van der Waals surface area (Å²) in [5, 5.41) is 9.66.